The molecular weight excluding hydrogens is 312 g/mol. The maximum absolute atomic E-state index is 13.0. The van der Waals surface area contributed by atoms with Crippen molar-refractivity contribution in [1.82, 2.24) is 20.4 Å². The molecule has 3 rings (SSSR count). The highest BCUT2D eigenvalue weighted by Crippen LogP contribution is 2.34. The molecule has 1 aliphatic carbocycles. The summed E-state index contributed by atoms with van der Waals surface area (Å²) < 4.78 is 5.47. The Morgan fingerprint density at radius 1 is 1.22 bits per heavy atom. The van der Waals surface area contributed by atoms with Crippen molar-refractivity contribution in [3.8, 4) is 0 Å². The average molecular weight is 338 g/mol. The van der Waals surface area contributed by atoms with Gasteiger partial charge in [0.2, 0.25) is 5.91 Å². The topological polar surface area (TPSA) is 67.4 Å². The van der Waals surface area contributed by atoms with Crippen molar-refractivity contribution in [3.63, 3.8) is 0 Å². The minimum absolute atomic E-state index is 0.160. The van der Waals surface area contributed by atoms with E-state index in [-0.39, 0.29) is 11.4 Å². The number of amides is 1. The number of nitrogens with one attached hydrogen (secondary N) is 1. The van der Waals surface area contributed by atoms with Crippen LogP contribution in [0.5, 0.6) is 0 Å². The third kappa shape index (κ3) is 3.72. The number of carbonyl (C=O) groups excluding carboxylic acids is 1. The summed E-state index contributed by atoms with van der Waals surface area (Å²) >= 11 is 1.59. The minimum Gasteiger partial charge on any atom is -0.379 e. The molecule has 1 saturated carbocycles. The van der Waals surface area contributed by atoms with Crippen molar-refractivity contribution in [2.45, 2.75) is 57.5 Å². The van der Waals surface area contributed by atoms with Gasteiger partial charge in [0.05, 0.1) is 19.8 Å². The van der Waals surface area contributed by atoms with Crippen LogP contribution in [0.4, 0.5) is 0 Å². The van der Waals surface area contributed by atoms with Crippen LogP contribution < -0.4 is 5.32 Å². The molecule has 1 amide bonds. The molecule has 2 fully saturated rings. The Hall–Kier alpha value is -1.05. The molecule has 128 valence electrons. The van der Waals surface area contributed by atoms with Gasteiger partial charge in [-0.05, 0) is 19.3 Å². The van der Waals surface area contributed by atoms with E-state index in [2.05, 4.69) is 27.3 Å². The predicted molar refractivity (Wildman–Crippen MR) is 89.3 cm³/mol. The van der Waals surface area contributed by atoms with E-state index in [1.54, 1.807) is 11.3 Å². The van der Waals surface area contributed by atoms with E-state index in [1.807, 2.05) is 0 Å². The first-order valence-corrected chi connectivity index (χ1v) is 9.48. The zero-order valence-corrected chi connectivity index (χ0v) is 14.7. The average Bonchev–Trinajstić information content (AvgIpc) is 3.09. The predicted octanol–water partition coefficient (Wildman–Crippen LogP) is 1.75. The van der Waals surface area contributed by atoms with Crippen LogP contribution in [-0.4, -0.2) is 52.8 Å². The van der Waals surface area contributed by atoms with Crippen molar-refractivity contribution in [3.05, 3.63) is 10.0 Å². The molecule has 2 heterocycles. The van der Waals surface area contributed by atoms with E-state index in [1.165, 1.54) is 6.42 Å². The van der Waals surface area contributed by atoms with E-state index in [0.717, 1.165) is 68.4 Å². The Bertz CT molecular complexity index is 522. The summed E-state index contributed by atoms with van der Waals surface area (Å²) in [6.07, 6.45) is 6.29. The molecule has 0 atom stereocenters. The lowest BCUT2D eigenvalue weighted by atomic mass is 9.79. The van der Waals surface area contributed by atoms with Crippen LogP contribution in [-0.2, 0) is 22.5 Å². The Morgan fingerprint density at radius 2 is 1.91 bits per heavy atom. The van der Waals surface area contributed by atoms with Gasteiger partial charge in [-0.25, -0.2) is 0 Å². The van der Waals surface area contributed by atoms with Crippen LogP contribution >= 0.6 is 11.3 Å². The number of nitrogens with zero attached hydrogens (tertiary/aromatic N) is 3. The van der Waals surface area contributed by atoms with Crippen LogP contribution in [0.15, 0.2) is 0 Å². The van der Waals surface area contributed by atoms with Crippen molar-refractivity contribution in [2.24, 2.45) is 0 Å². The van der Waals surface area contributed by atoms with Gasteiger partial charge in [0.1, 0.15) is 15.6 Å². The summed E-state index contributed by atoms with van der Waals surface area (Å²) in [5.41, 5.74) is -0.347. The summed E-state index contributed by atoms with van der Waals surface area (Å²) in [5, 5.41) is 13.3. The van der Waals surface area contributed by atoms with Crippen LogP contribution in [0.3, 0.4) is 0 Å². The molecular formula is C16H26N4O2S. The normalized spacial score (nSPS) is 22.0. The molecule has 1 aliphatic heterocycles. The van der Waals surface area contributed by atoms with Gasteiger partial charge in [0.25, 0.3) is 0 Å². The van der Waals surface area contributed by atoms with Gasteiger partial charge in [-0.2, -0.15) is 0 Å². The summed E-state index contributed by atoms with van der Waals surface area (Å²) in [7, 11) is 0. The number of ether oxygens (including phenoxy) is 1. The number of hydrogen-bond acceptors (Lipinski definition) is 6. The second-order valence-corrected chi connectivity index (χ2v) is 7.46. The number of hydrogen-bond donors (Lipinski definition) is 1. The van der Waals surface area contributed by atoms with Crippen LogP contribution in [0, 0.1) is 0 Å². The van der Waals surface area contributed by atoms with Gasteiger partial charge in [-0.3, -0.25) is 9.69 Å². The highest BCUT2D eigenvalue weighted by atomic mass is 32.1. The largest absolute Gasteiger partial charge is 0.379 e. The first kappa shape index (κ1) is 16.8. The number of aryl methyl sites for hydroxylation is 1. The lowest BCUT2D eigenvalue weighted by Gasteiger charge is -2.46. The van der Waals surface area contributed by atoms with Crippen LogP contribution in [0.25, 0.3) is 0 Å². The highest BCUT2D eigenvalue weighted by molar-refractivity contribution is 7.11. The van der Waals surface area contributed by atoms with Gasteiger partial charge in [-0.15, -0.1) is 10.2 Å². The van der Waals surface area contributed by atoms with Crippen molar-refractivity contribution >= 4 is 17.2 Å². The lowest BCUT2D eigenvalue weighted by molar-refractivity contribution is -0.140. The quantitative estimate of drug-likeness (QED) is 0.886. The molecule has 0 aromatic carbocycles. The second-order valence-electron chi connectivity index (χ2n) is 6.32. The molecule has 1 N–H and O–H groups in total. The minimum atomic E-state index is -0.347. The maximum atomic E-state index is 13.0. The Labute approximate surface area is 141 Å². The Morgan fingerprint density at radius 3 is 2.57 bits per heavy atom. The molecule has 0 spiro atoms. The van der Waals surface area contributed by atoms with Crippen molar-refractivity contribution < 1.29 is 9.53 Å². The monoisotopic (exact) mass is 338 g/mol. The lowest BCUT2D eigenvalue weighted by Crippen LogP contribution is -2.62. The van der Waals surface area contributed by atoms with Crippen molar-refractivity contribution in [2.75, 3.05) is 26.3 Å². The highest BCUT2D eigenvalue weighted by Gasteiger charge is 2.44. The second kappa shape index (κ2) is 7.68. The summed E-state index contributed by atoms with van der Waals surface area (Å²) in [6.45, 7) is 5.72. The first-order valence-electron chi connectivity index (χ1n) is 8.67. The van der Waals surface area contributed by atoms with Gasteiger partial charge in [0.15, 0.2) is 0 Å². The van der Waals surface area contributed by atoms with E-state index >= 15 is 0 Å². The molecule has 1 saturated heterocycles. The summed E-state index contributed by atoms with van der Waals surface area (Å²) in [6, 6.07) is 0. The number of rotatable bonds is 5. The SMILES string of the molecule is CCc1nnc(CNC(=O)C2(N3CCOCC3)CCCCC2)s1. The van der Waals surface area contributed by atoms with Gasteiger partial charge >= 0.3 is 0 Å². The fourth-order valence-corrected chi connectivity index (χ4v) is 4.36. The number of aromatic nitrogens is 2. The molecule has 1 aromatic rings. The number of morpholine rings is 1. The van der Waals surface area contributed by atoms with E-state index in [4.69, 9.17) is 4.74 Å². The van der Waals surface area contributed by atoms with E-state index in [9.17, 15) is 4.79 Å². The molecule has 1 aromatic heterocycles. The van der Waals surface area contributed by atoms with Crippen molar-refractivity contribution in [1.29, 1.82) is 0 Å². The third-order valence-electron chi connectivity index (χ3n) is 4.93. The fourth-order valence-electron chi connectivity index (χ4n) is 3.64. The smallest absolute Gasteiger partial charge is 0.240 e. The van der Waals surface area contributed by atoms with Gasteiger partial charge < -0.3 is 10.1 Å². The molecule has 6 nitrogen and oxygen atoms in total. The number of carbonyl (C=O) groups is 1. The Kier molecular flexibility index (Phi) is 5.61. The molecule has 7 heteroatoms. The summed E-state index contributed by atoms with van der Waals surface area (Å²) in [5.74, 6) is 0.160. The third-order valence-corrected chi connectivity index (χ3v) is 6.00. The molecule has 2 aliphatic rings. The first-order chi connectivity index (χ1) is 11.2. The Balaban J connectivity index is 1.67. The molecule has 0 bridgehead atoms. The van der Waals surface area contributed by atoms with Crippen LogP contribution in [0.2, 0.25) is 0 Å². The van der Waals surface area contributed by atoms with E-state index in [0.29, 0.717) is 6.54 Å². The van der Waals surface area contributed by atoms with Crippen LogP contribution in [0.1, 0.15) is 49.0 Å². The van der Waals surface area contributed by atoms with Gasteiger partial charge in [0, 0.05) is 13.1 Å². The zero-order valence-electron chi connectivity index (χ0n) is 13.8. The summed E-state index contributed by atoms with van der Waals surface area (Å²) in [4.78, 5) is 15.4. The fraction of sp³-hybridized carbons (Fsp3) is 0.812. The molecule has 23 heavy (non-hydrogen) atoms. The molecule has 0 unspecified atom stereocenters. The van der Waals surface area contributed by atoms with E-state index < -0.39 is 0 Å². The van der Waals surface area contributed by atoms with Gasteiger partial charge in [-0.1, -0.05) is 37.5 Å². The maximum Gasteiger partial charge on any atom is 0.240 e. The zero-order chi connectivity index (χ0) is 16.1. The molecule has 0 radical (unpaired) electrons. The standard InChI is InChI=1S/C16H26N4O2S/c1-2-13-18-19-14(23-13)12-17-15(21)16(6-4-3-5-7-16)20-8-10-22-11-9-20/h2-12H2,1H3,(H,17,21).